The zero-order chi connectivity index (χ0) is 13.9. The summed E-state index contributed by atoms with van der Waals surface area (Å²) in [5.41, 5.74) is 0. The monoisotopic (exact) mass is 295 g/mol. The van der Waals surface area contributed by atoms with Gasteiger partial charge in [0.05, 0.1) is 0 Å². The first kappa shape index (κ1) is 14.1. The molecule has 1 saturated heterocycles. The van der Waals surface area contributed by atoms with Crippen LogP contribution in [0, 0.1) is 5.92 Å². The second kappa shape index (κ2) is 6.27. The lowest BCUT2D eigenvalue weighted by Gasteiger charge is -2.32. The Morgan fingerprint density at radius 1 is 1.30 bits per heavy atom. The summed E-state index contributed by atoms with van der Waals surface area (Å²) in [5.74, 6) is 2.51. The molecule has 4 nitrogen and oxygen atoms in total. The van der Waals surface area contributed by atoms with E-state index < -0.39 is 0 Å². The highest BCUT2D eigenvalue weighted by Crippen LogP contribution is 2.38. The van der Waals surface area contributed by atoms with Crippen molar-refractivity contribution in [1.82, 2.24) is 9.97 Å². The molecule has 2 fully saturated rings. The molecule has 1 aliphatic carbocycles. The summed E-state index contributed by atoms with van der Waals surface area (Å²) >= 11 is 6.15. The highest BCUT2D eigenvalue weighted by atomic mass is 35.5. The fourth-order valence-electron chi connectivity index (χ4n) is 3.55. The van der Waals surface area contributed by atoms with Crippen LogP contribution in [0.15, 0.2) is 6.07 Å². The zero-order valence-corrected chi connectivity index (χ0v) is 12.8. The molecule has 0 aromatic carbocycles. The van der Waals surface area contributed by atoms with Gasteiger partial charge in [-0.15, -0.1) is 0 Å². The second-order valence-electron chi connectivity index (χ2n) is 5.70. The van der Waals surface area contributed by atoms with Crippen LogP contribution < -0.4 is 4.90 Å². The Hall–Kier alpha value is -0.870. The quantitative estimate of drug-likeness (QED) is 0.798. The van der Waals surface area contributed by atoms with Crippen LogP contribution in [0.2, 0.25) is 5.15 Å². The Morgan fingerprint density at radius 3 is 3.00 bits per heavy atom. The minimum atomic E-state index is 0.437. The van der Waals surface area contributed by atoms with Crippen molar-refractivity contribution in [1.29, 1.82) is 0 Å². The van der Waals surface area contributed by atoms with E-state index in [9.17, 15) is 0 Å². The Labute approximate surface area is 125 Å². The number of anilines is 1. The molecule has 2 unspecified atom stereocenters. The Morgan fingerprint density at radius 2 is 2.15 bits per heavy atom. The molecule has 1 saturated carbocycles. The van der Waals surface area contributed by atoms with Gasteiger partial charge < -0.3 is 9.64 Å². The predicted molar refractivity (Wildman–Crippen MR) is 80.1 cm³/mol. The normalized spacial score (nSPS) is 25.8. The van der Waals surface area contributed by atoms with Crippen molar-refractivity contribution < 1.29 is 4.74 Å². The Kier molecular flexibility index (Phi) is 4.41. The topological polar surface area (TPSA) is 38.2 Å². The number of fused-ring (bicyclic) bond motifs is 1. The van der Waals surface area contributed by atoms with E-state index in [1.807, 2.05) is 13.0 Å². The van der Waals surface area contributed by atoms with Crippen molar-refractivity contribution in [2.45, 2.75) is 51.7 Å². The summed E-state index contributed by atoms with van der Waals surface area (Å²) < 4.78 is 5.40. The zero-order valence-electron chi connectivity index (χ0n) is 12.0. The van der Waals surface area contributed by atoms with Crippen LogP contribution in [-0.2, 0) is 11.3 Å². The third kappa shape index (κ3) is 2.91. The lowest BCUT2D eigenvalue weighted by Crippen LogP contribution is -2.35. The molecule has 20 heavy (non-hydrogen) atoms. The average molecular weight is 296 g/mol. The van der Waals surface area contributed by atoms with Crippen LogP contribution in [0.3, 0.4) is 0 Å². The first-order valence-corrected chi connectivity index (χ1v) is 8.03. The molecule has 0 spiro atoms. The largest absolute Gasteiger partial charge is 0.374 e. The number of aromatic nitrogens is 2. The maximum atomic E-state index is 6.15. The van der Waals surface area contributed by atoms with E-state index in [4.69, 9.17) is 16.3 Å². The summed E-state index contributed by atoms with van der Waals surface area (Å²) in [7, 11) is 0. The van der Waals surface area contributed by atoms with Crippen LogP contribution in [0.1, 0.15) is 44.9 Å². The molecule has 0 amide bonds. The number of rotatable bonds is 4. The number of ether oxygens (including phenoxy) is 1. The van der Waals surface area contributed by atoms with Gasteiger partial charge in [-0.3, -0.25) is 0 Å². The van der Waals surface area contributed by atoms with Gasteiger partial charge >= 0.3 is 0 Å². The molecular weight excluding hydrogens is 274 g/mol. The van der Waals surface area contributed by atoms with Crippen molar-refractivity contribution in [3.63, 3.8) is 0 Å². The molecule has 3 rings (SSSR count). The molecule has 5 heteroatoms. The fourth-order valence-corrected chi connectivity index (χ4v) is 3.74. The van der Waals surface area contributed by atoms with Gasteiger partial charge in [0.25, 0.3) is 0 Å². The van der Waals surface area contributed by atoms with Crippen LogP contribution >= 0.6 is 11.6 Å². The summed E-state index contributed by atoms with van der Waals surface area (Å²) in [6.45, 7) is 4.17. The second-order valence-corrected chi connectivity index (χ2v) is 6.08. The van der Waals surface area contributed by atoms with Gasteiger partial charge in [0, 0.05) is 25.3 Å². The molecule has 110 valence electrons. The highest BCUT2D eigenvalue weighted by Gasteiger charge is 2.36. The standard InChI is InChI=1S/C15H22ClN3O/c1-2-20-10-14-17-13(16)9-15(18-14)19-8-7-11-5-3-4-6-12(11)19/h9,11-12H,2-8,10H2,1H3. The lowest BCUT2D eigenvalue weighted by atomic mass is 9.85. The smallest absolute Gasteiger partial charge is 0.158 e. The summed E-state index contributed by atoms with van der Waals surface area (Å²) in [6.07, 6.45) is 6.66. The van der Waals surface area contributed by atoms with Gasteiger partial charge in [-0.2, -0.15) is 0 Å². The van der Waals surface area contributed by atoms with E-state index in [0.717, 1.165) is 18.3 Å². The number of nitrogens with zero attached hydrogens (tertiary/aromatic N) is 3. The van der Waals surface area contributed by atoms with E-state index in [2.05, 4.69) is 14.9 Å². The van der Waals surface area contributed by atoms with Gasteiger partial charge in [0.2, 0.25) is 0 Å². The van der Waals surface area contributed by atoms with Gasteiger partial charge in [-0.25, -0.2) is 9.97 Å². The lowest BCUT2D eigenvalue weighted by molar-refractivity contribution is 0.128. The van der Waals surface area contributed by atoms with E-state index in [0.29, 0.717) is 30.2 Å². The molecule has 0 radical (unpaired) electrons. The Bertz CT molecular complexity index is 468. The van der Waals surface area contributed by atoms with E-state index in [1.54, 1.807) is 0 Å². The van der Waals surface area contributed by atoms with Crippen LogP contribution in [0.5, 0.6) is 0 Å². The maximum absolute atomic E-state index is 6.15. The highest BCUT2D eigenvalue weighted by molar-refractivity contribution is 6.29. The first-order chi connectivity index (χ1) is 9.78. The fraction of sp³-hybridized carbons (Fsp3) is 0.733. The van der Waals surface area contributed by atoms with Crippen molar-refractivity contribution in [3.05, 3.63) is 17.0 Å². The van der Waals surface area contributed by atoms with E-state index >= 15 is 0 Å². The predicted octanol–water partition coefficient (Wildman–Crippen LogP) is 3.44. The number of halogens is 1. The van der Waals surface area contributed by atoms with Gasteiger partial charge in [0.1, 0.15) is 17.6 Å². The molecular formula is C15H22ClN3O. The third-order valence-electron chi connectivity index (χ3n) is 4.47. The SMILES string of the molecule is CCOCc1nc(Cl)cc(N2CCC3CCCCC32)n1. The van der Waals surface area contributed by atoms with Crippen molar-refractivity contribution >= 4 is 17.4 Å². The summed E-state index contributed by atoms with van der Waals surface area (Å²) in [4.78, 5) is 11.3. The molecule has 0 N–H and O–H groups in total. The molecule has 2 atom stereocenters. The van der Waals surface area contributed by atoms with Gasteiger partial charge in [0.15, 0.2) is 5.82 Å². The Balaban J connectivity index is 1.80. The van der Waals surface area contributed by atoms with Crippen molar-refractivity contribution in [2.75, 3.05) is 18.1 Å². The number of hydrogen-bond donors (Lipinski definition) is 0. The van der Waals surface area contributed by atoms with Crippen LogP contribution in [0.4, 0.5) is 5.82 Å². The van der Waals surface area contributed by atoms with Gasteiger partial charge in [-0.1, -0.05) is 24.4 Å². The molecule has 1 aromatic heterocycles. The first-order valence-electron chi connectivity index (χ1n) is 7.65. The molecule has 2 heterocycles. The van der Waals surface area contributed by atoms with Crippen molar-refractivity contribution in [3.8, 4) is 0 Å². The van der Waals surface area contributed by atoms with Crippen LogP contribution in [0.25, 0.3) is 0 Å². The molecule has 1 aliphatic heterocycles. The third-order valence-corrected chi connectivity index (χ3v) is 4.66. The molecule has 0 bridgehead atoms. The van der Waals surface area contributed by atoms with E-state index in [-0.39, 0.29) is 0 Å². The van der Waals surface area contributed by atoms with E-state index in [1.165, 1.54) is 32.1 Å². The molecule has 2 aliphatic rings. The summed E-state index contributed by atoms with van der Waals surface area (Å²) in [5, 5.41) is 0.518. The van der Waals surface area contributed by atoms with Crippen molar-refractivity contribution in [2.24, 2.45) is 5.92 Å². The van der Waals surface area contributed by atoms with Gasteiger partial charge in [-0.05, 0) is 32.1 Å². The maximum Gasteiger partial charge on any atom is 0.158 e. The van der Waals surface area contributed by atoms with Crippen LogP contribution in [-0.4, -0.2) is 29.2 Å². The average Bonchev–Trinajstić information content (AvgIpc) is 2.88. The molecule has 1 aromatic rings. The minimum absolute atomic E-state index is 0.437. The minimum Gasteiger partial charge on any atom is -0.374 e. The summed E-state index contributed by atoms with van der Waals surface area (Å²) in [6, 6.07) is 2.54. The number of hydrogen-bond acceptors (Lipinski definition) is 4.